The van der Waals surface area contributed by atoms with Gasteiger partial charge in [0.1, 0.15) is 0 Å². The Morgan fingerprint density at radius 2 is 1.71 bits per heavy atom. The molecule has 0 bridgehead atoms. The van der Waals surface area contributed by atoms with Gasteiger partial charge in [-0.2, -0.15) is 0 Å². The number of anilines is 1. The van der Waals surface area contributed by atoms with Crippen LogP contribution in [0, 0.1) is 17.5 Å². The van der Waals surface area contributed by atoms with Crippen LogP contribution in [0.25, 0.3) is 0 Å². The van der Waals surface area contributed by atoms with Gasteiger partial charge in [-0.15, -0.1) is 0 Å². The molecule has 1 aromatic rings. The minimum atomic E-state index is -1.56. The van der Waals surface area contributed by atoms with Gasteiger partial charge in [-0.1, -0.05) is 0 Å². The summed E-state index contributed by atoms with van der Waals surface area (Å²) >= 11 is 0. The molecule has 0 atom stereocenters. The van der Waals surface area contributed by atoms with E-state index in [4.69, 9.17) is 0 Å². The van der Waals surface area contributed by atoms with E-state index < -0.39 is 23.5 Å². The number of carbonyl (C=O) groups excluding carboxylic acids is 1. The fourth-order valence-electron chi connectivity index (χ4n) is 0.821. The third-order valence-electron chi connectivity index (χ3n) is 1.47. The SMILES string of the molecule is CNC(=O)Nc1cc(F)c(F)c(F)c1. The Labute approximate surface area is 77.9 Å². The predicted molar refractivity (Wildman–Crippen MR) is 44.4 cm³/mol. The standard InChI is InChI=1S/C8H7F3N2O/c1-12-8(14)13-4-2-5(9)7(11)6(10)3-4/h2-3H,1H3,(H2,12,13,14). The molecule has 0 saturated carbocycles. The molecule has 1 aromatic carbocycles. The molecule has 6 heteroatoms. The number of urea groups is 1. The van der Waals surface area contributed by atoms with Gasteiger partial charge in [0.05, 0.1) is 0 Å². The highest BCUT2D eigenvalue weighted by Crippen LogP contribution is 2.16. The van der Waals surface area contributed by atoms with Crippen molar-refractivity contribution in [3.8, 4) is 0 Å². The summed E-state index contributed by atoms with van der Waals surface area (Å²) in [6.07, 6.45) is 0. The lowest BCUT2D eigenvalue weighted by Crippen LogP contribution is -2.24. The van der Waals surface area contributed by atoms with Gasteiger partial charge in [0.2, 0.25) is 0 Å². The lowest BCUT2D eigenvalue weighted by atomic mass is 10.3. The van der Waals surface area contributed by atoms with Crippen LogP contribution in [0.3, 0.4) is 0 Å². The monoisotopic (exact) mass is 204 g/mol. The lowest BCUT2D eigenvalue weighted by molar-refractivity contribution is 0.254. The molecule has 0 spiro atoms. The summed E-state index contributed by atoms with van der Waals surface area (Å²) < 4.78 is 37.7. The molecule has 76 valence electrons. The highest BCUT2D eigenvalue weighted by Gasteiger charge is 2.11. The average Bonchev–Trinajstić information content (AvgIpc) is 2.14. The van der Waals surface area contributed by atoms with Gasteiger partial charge in [-0.05, 0) is 0 Å². The Bertz CT molecular complexity index is 345. The zero-order valence-electron chi connectivity index (χ0n) is 7.20. The molecule has 0 aromatic heterocycles. The minimum Gasteiger partial charge on any atom is -0.341 e. The quantitative estimate of drug-likeness (QED) is 0.673. The summed E-state index contributed by atoms with van der Waals surface area (Å²) in [6, 6.07) is 0.733. The number of halogens is 3. The molecule has 1 rings (SSSR count). The number of nitrogens with one attached hydrogen (secondary N) is 2. The summed E-state index contributed by atoms with van der Waals surface area (Å²) in [4.78, 5) is 10.7. The zero-order chi connectivity index (χ0) is 10.7. The minimum absolute atomic E-state index is 0.152. The second kappa shape index (κ2) is 3.99. The molecular weight excluding hydrogens is 197 g/mol. The summed E-state index contributed by atoms with van der Waals surface area (Å²) in [5.41, 5.74) is -0.152. The molecule has 0 fully saturated rings. The predicted octanol–water partition coefficient (Wildman–Crippen LogP) is 1.86. The lowest BCUT2D eigenvalue weighted by Gasteiger charge is -2.04. The number of rotatable bonds is 1. The van der Waals surface area contributed by atoms with Gasteiger partial charge in [0.15, 0.2) is 17.5 Å². The third-order valence-corrected chi connectivity index (χ3v) is 1.47. The van der Waals surface area contributed by atoms with E-state index in [1.54, 1.807) is 0 Å². The van der Waals surface area contributed by atoms with Crippen molar-refractivity contribution in [2.24, 2.45) is 0 Å². The van der Waals surface area contributed by atoms with E-state index in [0.717, 1.165) is 0 Å². The van der Waals surface area contributed by atoms with Crippen molar-refractivity contribution in [3.05, 3.63) is 29.6 Å². The van der Waals surface area contributed by atoms with Crippen LogP contribution in [-0.2, 0) is 0 Å². The summed E-state index contributed by atoms with van der Waals surface area (Å²) in [6.45, 7) is 0. The topological polar surface area (TPSA) is 41.1 Å². The van der Waals surface area contributed by atoms with E-state index in [2.05, 4.69) is 10.6 Å². The fourth-order valence-corrected chi connectivity index (χ4v) is 0.821. The Hall–Kier alpha value is -1.72. The number of amides is 2. The highest BCUT2D eigenvalue weighted by molar-refractivity contribution is 5.88. The Morgan fingerprint density at radius 1 is 1.21 bits per heavy atom. The first-order chi connectivity index (χ1) is 6.54. The van der Waals surface area contributed by atoms with Gasteiger partial charge in [-0.3, -0.25) is 0 Å². The van der Waals surface area contributed by atoms with Gasteiger partial charge in [0.25, 0.3) is 0 Å². The molecule has 0 aliphatic heterocycles. The molecule has 0 radical (unpaired) electrons. The van der Waals surface area contributed by atoms with Crippen LogP contribution in [-0.4, -0.2) is 13.1 Å². The molecule has 2 amide bonds. The third kappa shape index (κ3) is 2.15. The average molecular weight is 204 g/mol. The zero-order valence-corrected chi connectivity index (χ0v) is 7.20. The van der Waals surface area contributed by atoms with Crippen molar-refractivity contribution in [1.82, 2.24) is 5.32 Å². The van der Waals surface area contributed by atoms with Gasteiger partial charge in [-0.25, -0.2) is 18.0 Å². The van der Waals surface area contributed by atoms with Crippen molar-refractivity contribution in [2.45, 2.75) is 0 Å². The van der Waals surface area contributed by atoms with Crippen LogP contribution in [0.1, 0.15) is 0 Å². The maximum absolute atomic E-state index is 12.6. The van der Waals surface area contributed by atoms with Crippen molar-refractivity contribution in [3.63, 3.8) is 0 Å². The Morgan fingerprint density at radius 3 is 2.14 bits per heavy atom. The molecule has 0 aliphatic rings. The molecule has 0 heterocycles. The van der Waals surface area contributed by atoms with Crippen molar-refractivity contribution in [1.29, 1.82) is 0 Å². The molecule has 2 N–H and O–H groups in total. The molecule has 14 heavy (non-hydrogen) atoms. The van der Waals surface area contributed by atoms with E-state index in [-0.39, 0.29) is 5.69 Å². The van der Waals surface area contributed by atoms with E-state index >= 15 is 0 Å². The van der Waals surface area contributed by atoms with E-state index in [1.165, 1.54) is 7.05 Å². The first-order valence-electron chi connectivity index (χ1n) is 3.68. The highest BCUT2D eigenvalue weighted by atomic mass is 19.2. The van der Waals surface area contributed by atoms with Gasteiger partial charge < -0.3 is 10.6 Å². The summed E-state index contributed by atoms with van der Waals surface area (Å²) in [5.74, 6) is -4.26. The van der Waals surface area contributed by atoms with E-state index in [9.17, 15) is 18.0 Å². The first kappa shape index (κ1) is 10.4. The largest absolute Gasteiger partial charge is 0.341 e. The van der Waals surface area contributed by atoms with Crippen LogP contribution in [0.15, 0.2) is 12.1 Å². The second-order valence-corrected chi connectivity index (χ2v) is 2.46. The Balaban J connectivity index is 2.95. The van der Waals surface area contributed by atoms with Crippen LogP contribution in [0.5, 0.6) is 0 Å². The van der Waals surface area contributed by atoms with Crippen LogP contribution >= 0.6 is 0 Å². The van der Waals surface area contributed by atoms with Crippen molar-refractivity contribution >= 4 is 11.7 Å². The molecule has 0 aliphatic carbocycles. The van der Waals surface area contributed by atoms with Crippen molar-refractivity contribution < 1.29 is 18.0 Å². The molecule has 0 unspecified atom stereocenters. The van der Waals surface area contributed by atoms with E-state index in [1.807, 2.05) is 0 Å². The normalized spacial score (nSPS) is 9.71. The smallest absolute Gasteiger partial charge is 0.318 e. The maximum Gasteiger partial charge on any atom is 0.318 e. The number of carbonyl (C=O) groups is 1. The number of hydrogen-bond donors (Lipinski definition) is 2. The number of benzene rings is 1. The summed E-state index contributed by atoms with van der Waals surface area (Å²) in [5, 5.41) is 4.28. The van der Waals surface area contributed by atoms with Crippen LogP contribution < -0.4 is 10.6 Å². The van der Waals surface area contributed by atoms with Crippen LogP contribution in [0.4, 0.5) is 23.7 Å². The van der Waals surface area contributed by atoms with Gasteiger partial charge >= 0.3 is 6.03 Å². The molecule has 0 saturated heterocycles. The fraction of sp³-hybridized carbons (Fsp3) is 0.125. The molecular formula is C8H7F3N2O. The van der Waals surface area contributed by atoms with Crippen LogP contribution in [0.2, 0.25) is 0 Å². The van der Waals surface area contributed by atoms with Crippen molar-refractivity contribution in [2.75, 3.05) is 12.4 Å². The maximum atomic E-state index is 12.6. The van der Waals surface area contributed by atoms with Gasteiger partial charge in [0, 0.05) is 24.9 Å². The van der Waals surface area contributed by atoms with E-state index in [0.29, 0.717) is 12.1 Å². The first-order valence-corrected chi connectivity index (χ1v) is 3.68. The molecule has 3 nitrogen and oxygen atoms in total. The second-order valence-electron chi connectivity index (χ2n) is 2.46. The number of hydrogen-bond acceptors (Lipinski definition) is 1. The summed E-state index contributed by atoms with van der Waals surface area (Å²) in [7, 11) is 1.34. The Kier molecular flexibility index (Phi) is 2.95.